The highest BCUT2D eigenvalue weighted by atomic mass is 16.5. The van der Waals surface area contributed by atoms with Crippen LogP contribution in [-0.2, 0) is 11.3 Å². The van der Waals surface area contributed by atoms with Gasteiger partial charge in [0.15, 0.2) is 0 Å². The first-order valence-corrected chi connectivity index (χ1v) is 6.96. The van der Waals surface area contributed by atoms with Crippen LogP contribution in [0.4, 0.5) is 0 Å². The van der Waals surface area contributed by atoms with Crippen LogP contribution in [0, 0.1) is 5.92 Å². The fraction of sp³-hybridized carbons (Fsp3) is 0.600. The lowest BCUT2D eigenvalue weighted by molar-refractivity contribution is 0.0598. The predicted molar refractivity (Wildman–Crippen MR) is 73.8 cm³/mol. The normalized spacial score (nSPS) is 23.1. The molecular formula is C15H22N2O2. The van der Waals surface area contributed by atoms with Crippen molar-refractivity contribution < 1.29 is 9.53 Å². The van der Waals surface area contributed by atoms with E-state index >= 15 is 0 Å². The van der Waals surface area contributed by atoms with E-state index in [0.717, 1.165) is 11.6 Å². The molecule has 2 rings (SSSR count). The van der Waals surface area contributed by atoms with Gasteiger partial charge >= 0.3 is 5.97 Å². The van der Waals surface area contributed by atoms with Crippen molar-refractivity contribution in [3.63, 3.8) is 0 Å². The standard InChI is InChI=1S/C15H22N2O2/c1-11-5-3-6-12(9-11)17-10-14-13(15(18)19-2)7-4-8-16-14/h4,7-8,11-12,17H,3,5-6,9-10H2,1-2H3. The van der Waals surface area contributed by atoms with Gasteiger partial charge in [0, 0.05) is 18.8 Å². The number of methoxy groups -OCH3 is 1. The molecule has 2 atom stereocenters. The van der Waals surface area contributed by atoms with Crippen LogP contribution in [-0.4, -0.2) is 24.1 Å². The van der Waals surface area contributed by atoms with Crippen LogP contribution >= 0.6 is 0 Å². The van der Waals surface area contributed by atoms with E-state index in [0.29, 0.717) is 18.2 Å². The van der Waals surface area contributed by atoms with E-state index < -0.39 is 0 Å². The molecule has 1 aliphatic carbocycles. The van der Waals surface area contributed by atoms with Gasteiger partial charge in [-0.05, 0) is 30.9 Å². The molecule has 0 radical (unpaired) electrons. The summed E-state index contributed by atoms with van der Waals surface area (Å²) in [6.45, 7) is 2.93. The van der Waals surface area contributed by atoms with Gasteiger partial charge in [-0.3, -0.25) is 4.98 Å². The summed E-state index contributed by atoms with van der Waals surface area (Å²) in [5.74, 6) is 0.469. The van der Waals surface area contributed by atoms with E-state index in [1.165, 1.54) is 32.8 Å². The van der Waals surface area contributed by atoms with E-state index in [1.807, 2.05) is 0 Å². The number of hydrogen-bond acceptors (Lipinski definition) is 4. The molecule has 1 aliphatic rings. The Morgan fingerprint density at radius 3 is 3.11 bits per heavy atom. The molecule has 1 heterocycles. The van der Waals surface area contributed by atoms with E-state index in [-0.39, 0.29) is 5.97 Å². The van der Waals surface area contributed by atoms with Crippen molar-refractivity contribution in [3.05, 3.63) is 29.6 Å². The number of hydrogen-bond donors (Lipinski definition) is 1. The van der Waals surface area contributed by atoms with Crippen LogP contribution < -0.4 is 5.32 Å². The van der Waals surface area contributed by atoms with Crippen LogP contribution in [0.1, 0.15) is 48.7 Å². The molecule has 1 N–H and O–H groups in total. The van der Waals surface area contributed by atoms with Gasteiger partial charge in [0.2, 0.25) is 0 Å². The van der Waals surface area contributed by atoms with Gasteiger partial charge in [-0.15, -0.1) is 0 Å². The van der Waals surface area contributed by atoms with Crippen molar-refractivity contribution in [1.29, 1.82) is 0 Å². The number of nitrogens with zero attached hydrogens (tertiary/aromatic N) is 1. The third-order valence-electron chi connectivity index (χ3n) is 3.79. The second-order valence-corrected chi connectivity index (χ2v) is 5.34. The molecule has 0 spiro atoms. The third-order valence-corrected chi connectivity index (χ3v) is 3.79. The van der Waals surface area contributed by atoms with Gasteiger partial charge in [-0.2, -0.15) is 0 Å². The molecule has 2 unspecified atom stereocenters. The number of aromatic nitrogens is 1. The first-order chi connectivity index (χ1) is 9.20. The lowest BCUT2D eigenvalue weighted by Crippen LogP contribution is -2.33. The number of pyridine rings is 1. The summed E-state index contributed by atoms with van der Waals surface area (Å²) >= 11 is 0. The minimum atomic E-state index is -0.318. The topological polar surface area (TPSA) is 51.2 Å². The highest BCUT2D eigenvalue weighted by molar-refractivity contribution is 5.90. The largest absolute Gasteiger partial charge is 0.465 e. The van der Waals surface area contributed by atoms with Crippen molar-refractivity contribution in [1.82, 2.24) is 10.3 Å². The van der Waals surface area contributed by atoms with Crippen molar-refractivity contribution in [2.45, 2.75) is 45.2 Å². The van der Waals surface area contributed by atoms with Crippen molar-refractivity contribution in [3.8, 4) is 0 Å². The van der Waals surface area contributed by atoms with Gasteiger partial charge in [-0.1, -0.05) is 19.8 Å². The molecule has 0 saturated heterocycles. The Balaban J connectivity index is 1.97. The second kappa shape index (κ2) is 6.66. The second-order valence-electron chi connectivity index (χ2n) is 5.34. The zero-order valence-corrected chi connectivity index (χ0v) is 11.7. The fourth-order valence-corrected chi connectivity index (χ4v) is 2.74. The van der Waals surface area contributed by atoms with Crippen molar-refractivity contribution in [2.75, 3.05) is 7.11 Å². The predicted octanol–water partition coefficient (Wildman–Crippen LogP) is 2.54. The molecule has 0 aromatic carbocycles. The van der Waals surface area contributed by atoms with Gasteiger partial charge < -0.3 is 10.1 Å². The Morgan fingerprint density at radius 1 is 1.53 bits per heavy atom. The van der Waals surface area contributed by atoms with Gasteiger partial charge in [0.1, 0.15) is 0 Å². The van der Waals surface area contributed by atoms with Crippen molar-refractivity contribution in [2.24, 2.45) is 5.92 Å². The number of nitrogens with one attached hydrogen (secondary N) is 1. The zero-order valence-electron chi connectivity index (χ0n) is 11.7. The quantitative estimate of drug-likeness (QED) is 0.847. The SMILES string of the molecule is COC(=O)c1cccnc1CNC1CCCC(C)C1. The summed E-state index contributed by atoms with van der Waals surface area (Å²) in [4.78, 5) is 15.9. The number of rotatable bonds is 4. The number of ether oxygens (including phenoxy) is 1. The highest BCUT2D eigenvalue weighted by Gasteiger charge is 2.19. The maximum atomic E-state index is 11.6. The maximum absolute atomic E-state index is 11.6. The van der Waals surface area contributed by atoms with Crippen LogP contribution in [0.15, 0.2) is 18.3 Å². The monoisotopic (exact) mass is 262 g/mol. The Bertz CT molecular complexity index is 434. The van der Waals surface area contributed by atoms with Crippen LogP contribution in [0.2, 0.25) is 0 Å². The molecule has 0 bridgehead atoms. The first kappa shape index (κ1) is 14.0. The molecule has 4 heteroatoms. The summed E-state index contributed by atoms with van der Waals surface area (Å²) in [6, 6.07) is 4.06. The molecular weight excluding hydrogens is 240 g/mol. The van der Waals surface area contributed by atoms with E-state index in [9.17, 15) is 4.79 Å². The van der Waals surface area contributed by atoms with Crippen LogP contribution in [0.5, 0.6) is 0 Å². The molecule has 1 aromatic heterocycles. The van der Waals surface area contributed by atoms with Gasteiger partial charge in [0.25, 0.3) is 0 Å². The van der Waals surface area contributed by atoms with Crippen LogP contribution in [0.25, 0.3) is 0 Å². The average molecular weight is 262 g/mol. The summed E-state index contributed by atoms with van der Waals surface area (Å²) in [5, 5.41) is 3.52. The molecule has 0 aliphatic heterocycles. The summed E-state index contributed by atoms with van der Waals surface area (Å²) < 4.78 is 4.78. The number of carbonyl (C=O) groups excluding carboxylic acids is 1. The molecule has 0 amide bonds. The maximum Gasteiger partial charge on any atom is 0.339 e. The average Bonchev–Trinajstić information content (AvgIpc) is 2.45. The Morgan fingerprint density at radius 2 is 2.37 bits per heavy atom. The minimum absolute atomic E-state index is 0.318. The van der Waals surface area contributed by atoms with E-state index in [4.69, 9.17) is 4.74 Å². The minimum Gasteiger partial charge on any atom is -0.465 e. The first-order valence-electron chi connectivity index (χ1n) is 6.96. The molecule has 1 aromatic rings. The summed E-state index contributed by atoms with van der Waals surface area (Å²) in [6.07, 6.45) is 6.75. The Kier molecular flexibility index (Phi) is 4.91. The summed E-state index contributed by atoms with van der Waals surface area (Å²) in [5.41, 5.74) is 1.33. The third kappa shape index (κ3) is 3.77. The van der Waals surface area contributed by atoms with Crippen LogP contribution in [0.3, 0.4) is 0 Å². The Hall–Kier alpha value is -1.42. The molecule has 4 nitrogen and oxygen atoms in total. The Labute approximate surface area is 114 Å². The molecule has 104 valence electrons. The lowest BCUT2D eigenvalue weighted by atomic mass is 9.87. The molecule has 1 fully saturated rings. The zero-order chi connectivity index (χ0) is 13.7. The summed E-state index contributed by atoms with van der Waals surface area (Å²) in [7, 11) is 1.40. The van der Waals surface area contributed by atoms with Gasteiger partial charge in [0.05, 0.1) is 18.4 Å². The molecule has 19 heavy (non-hydrogen) atoms. The highest BCUT2D eigenvalue weighted by Crippen LogP contribution is 2.23. The van der Waals surface area contributed by atoms with E-state index in [2.05, 4.69) is 17.2 Å². The molecule has 1 saturated carbocycles. The fourth-order valence-electron chi connectivity index (χ4n) is 2.74. The smallest absolute Gasteiger partial charge is 0.339 e. The van der Waals surface area contributed by atoms with E-state index in [1.54, 1.807) is 18.3 Å². The number of esters is 1. The lowest BCUT2D eigenvalue weighted by Gasteiger charge is -2.27. The number of carbonyl (C=O) groups is 1. The van der Waals surface area contributed by atoms with Gasteiger partial charge in [-0.25, -0.2) is 4.79 Å². The van der Waals surface area contributed by atoms with Crippen molar-refractivity contribution >= 4 is 5.97 Å².